The number of carboxylic acid groups (broad SMARTS) is 2. The predicted octanol–water partition coefficient (Wildman–Crippen LogP) is 4.80. The molecule has 124 valence electrons. The second-order valence-electron chi connectivity index (χ2n) is 5.63. The number of carbonyl (C=O) groups is 2. The van der Waals surface area contributed by atoms with E-state index in [1.807, 2.05) is 0 Å². The molecule has 4 nitrogen and oxygen atoms in total. The molecule has 5 heteroatoms. The molecule has 0 bridgehead atoms. The van der Waals surface area contributed by atoms with E-state index in [9.17, 15) is 9.59 Å². The second-order valence-corrected chi connectivity index (χ2v) is 6.63. The summed E-state index contributed by atoms with van der Waals surface area (Å²) in [6, 6.07) is 5.48. The Morgan fingerprint density at radius 2 is 1.22 bits per heavy atom. The van der Waals surface area contributed by atoms with Crippen LogP contribution in [0.4, 0.5) is 0 Å². The molecule has 0 radical (unpaired) electrons. The van der Waals surface area contributed by atoms with Crippen LogP contribution in [0.2, 0.25) is 3.67 Å². The van der Waals surface area contributed by atoms with Crippen LogP contribution in [0.3, 0.4) is 0 Å². The number of hydrogen-bond donors (Lipinski definition) is 2. The Kier molecular flexibility index (Phi) is 14.2. The minimum Gasteiger partial charge on any atom is -0.478 e. The minimum absolute atomic E-state index is 0.190. The van der Waals surface area contributed by atoms with Crippen molar-refractivity contribution in [2.24, 2.45) is 0 Å². The van der Waals surface area contributed by atoms with E-state index in [0.717, 1.165) is 0 Å². The fourth-order valence-corrected chi connectivity index (χ4v) is 2.74. The first-order valence-electron chi connectivity index (χ1n) is 8.60. The zero-order valence-electron chi connectivity index (χ0n) is 14.4. The molecule has 0 aliphatic rings. The Labute approximate surface area is 156 Å². The fraction of sp³-hybridized carbons (Fsp3) is 0.556. The summed E-state index contributed by atoms with van der Waals surface area (Å²) in [5.41, 5.74) is -0.380. The molecular weight excluding hydrogens is 303 g/mol. The Morgan fingerprint density at radius 3 is 1.57 bits per heavy atom. The predicted molar refractivity (Wildman–Crippen MR) is 93.5 cm³/mol. The summed E-state index contributed by atoms with van der Waals surface area (Å²) in [7, 11) is 0. The van der Waals surface area contributed by atoms with Crippen molar-refractivity contribution in [2.45, 2.75) is 62.0 Å². The summed E-state index contributed by atoms with van der Waals surface area (Å²) >= 11 is 1.41. The van der Waals surface area contributed by atoms with Gasteiger partial charge in [0, 0.05) is 0 Å². The van der Waals surface area contributed by atoms with Gasteiger partial charge in [0.25, 0.3) is 0 Å². The Balaban J connectivity index is 0.000000423. The molecule has 2 N–H and O–H groups in total. The van der Waals surface area contributed by atoms with Gasteiger partial charge in [0.2, 0.25) is 0 Å². The Morgan fingerprint density at radius 1 is 0.826 bits per heavy atom. The largest absolute Gasteiger partial charge is 0.478 e. The number of carboxylic acids is 2. The van der Waals surface area contributed by atoms with E-state index in [1.54, 1.807) is 0 Å². The zero-order chi connectivity index (χ0) is 17.5. The summed E-state index contributed by atoms with van der Waals surface area (Å²) in [4.78, 5) is 20.9. The fourth-order valence-electron chi connectivity index (χ4n) is 2.24. The van der Waals surface area contributed by atoms with Crippen molar-refractivity contribution in [3.63, 3.8) is 0 Å². The average Bonchev–Trinajstić information content (AvgIpc) is 2.54. The summed E-state index contributed by atoms with van der Waals surface area (Å²) in [6.07, 6.45) is 11.7. The van der Waals surface area contributed by atoms with E-state index in [2.05, 4.69) is 6.92 Å². The standard InChI is InChI=1S/C10H21.C8H6O4.Na/c1-3-5-7-9-10-8-6-4-2;9-7(10)5-3-1-2-4-6(5)8(11)12;/h1,3-10H2,2H3;1-4H,(H,9,10)(H,11,12);. The van der Waals surface area contributed by atoms with Gasteiger partial charge in [0.15, 0.2) is 0 Å². The molecule has 23 heavy (non-hydrogen) atoms. The number of hydrogen-bond acceptors (Lipinski definition) is 2. The molecule has 0 amide bonds. The van der Waals surface area contributed by atoms with E-state index in [0.29, 0.717) is 0 Å². The SMILES string of the molecule is CCCCCCCCC[CH2][Na].O=C(O)c1ccccc1C(=O)O. The van der Waals surface area contributed by atoms with Crippen LogP contribution in [0.15, 0.2) is 24.3 Å². The number of benzene rings is 1. The van der Waals surface area contributed by atoms with Crippen LogP contribution in [0, 0.1) is 0 Å². The molecule has 0 atom stereocenters. The van der Waals surface area contributed by atoms with Crippen molar-refractivity contribution >= 4 is 39.9 Å². The third-order valence-electron chi connectivity index (χ3n) is 3.59. The maximum atomic E-state index is 10.5. The molecule has 0 aliphatic carbocycles. The number of aromatic carboxylic acids is 2. The Hall–Kier alpha value is -0.840. The van der Waals surface area contributed by atoms with Gasteiger partial charge in [-0.3, -0.25) is 0 Å². The first-order valence-corrected chi connectivity index (χ1v) is 10.0. The maximum absolute atomic E-state index is 10.5. The summed E-state index contributed by atoms with van der Waals surface area (Å²) in [5, 5.41) is 17.1. The molecule has 1 aromatic rings. The van der Waals surface area contributed by atoms with Crippen molar-refractivity contribution in [3.8, 4) is 0 Å². The smallest absolute Gasteiger partial charge is 0.336 e. The maximum Gasteiger partial charge on any atom is 0.336 e. The van der Waals surface area contributed by atoms with Crippen molar-refractivity contribution in [1.82, 2.24) is 0 Å². The molecule has 0 aliphatic heterocycles. The third kappa shape index (κ3) is 11.4. The third-order valence-corrected chi connectivity index (χ3v) is 4.30. The van der Waals surface area contributed by atoms with Gasteiger partial charge in [-0.1, -0.05) is 12.1 Å². The van der Waals surface area contributed by atoms with Gasteiger partial charge in [0.05, 0.1) is 11.1 Å². The van der Waals surface area contributed by atoms with Crippen LogP contribution in [0.1, 0.15) is 79.0 Å². The minimum atomic E-state index is -1.23. The van der Waals surface area contributed by atoms with Crippen molar-refractivity contribution in [2.75, 3.05) is 0 Å². The van der Waals surface area contributed by atoms with Crippen molar-refractivity contribution in [1.29, 1.82) is 0 Å². The van der Waals surface area contributed by atoms with Gasteiger partial charge in [-0.2, -0.15) is 0 Å². The Bertz CT molecular complexity index is 419. The first-order chi connectivity index (χ1) is 11.0. The monoisotopic (exact) mass is 330 g/mol. The second kappa shape index (κ2) is 14.7. The topological polar surface area (TPSA) is 74.6 Å². The van der Waals surface area contributed by atoms with Gasteiger partial charge in [-0.05, 0) is 12.1 Å². The van der Waals surface area contributed by atoms with Crippen LogP contribution in [0.5, 0.6) is 0 Å². The van der Waals surface area contributed by atoms with Crippen LogP contribution >= 0.6 is 0 Å². The molecule has 1 rings (SSSR count). The molecule has 1 aromatic carbocycles. The van der Waals surface area contributed by atoms with E-state index >= 15 is 0 Å². The first kappa shape index (κ1) is 22.2. The van der Waals surface area contributed by atoms with E-state index in [4.69, 9.17) is 10.2 Å². The van der Waals surface area contributed by atoms with Crippen LogP contribution in [-0.4, -0.2) is 50.1 Å². The van der Waals surface area contributed by atoms with Gasteiger partial charge in [-0.15, -0.1) is 0 Å². The molecule has 0 fully saturated rings. The number of rotatable bonds is 10. The molecule has 0 unspecified atom stereocenters. The molecule has 0 aromatic heterocycles. The van der Waals surface area contributed by atoms with Gasteiger partial charge in [0.1, 0.15) is 0 Å². The summed E-state index contributed by atoms with van der Waals surface area (Å²) in [5.74, 6) is -2.46. The van der Waals surface area contributed by atoms with Crippen LogP contribution in [-0.2, 0) is 0 Å². The summed E-state index contributed by atoms with van der Waals surface area (Å²) < 4.78 is 1.51. The van der Waals surface area contributed by atoms with Gasteiger partial charge < -0.3 is 10.2 Å². The van der Waals surface area contributed by atoms with Crippen LogP contribution < -0.4 is 0 Å². The van der Waals surface area contributed by atoms with Gasteiger partial charge in [-0.25, -0.2) is 9.59 Å². The number of unbranched alkanes of at least 4 members (excludes halogenated alkanes) is 7. The van der Waals surface area contributed by atoms with Crippen molar-refractivity contribution < 1.29 is 19.8 Å². The summed E-state index contributed by atoms with van der Waals surface area (Å²) in [6.45, 7) is 2.28. The molecule has 0 saturated heterocycles. The quantitative estimate of drug-likeness (QED) is 0.477. The molecular formula is C18H27NaO4. The van der Waals surface area contributed by atoms with Gasteiger partial charge >= 0.3 is 102 Å². The van der Waals surface area contributed by atoms with Crippen LogP contribution in [0.25, 0.3) is 0 Å². The van der Waals surface area contributed by atoms with E-state index in [-0.39, 0.29) is 11.1 Å². The van der Waals surface area contributed by atoms with Crippen molar-refractivity contribution in [3.05, 3.63) is 35.4 Å². The van der Waals surface area contributed by atoms with E-state index in [1.165, 1.54) is 107 Å². The zero-order valence-corrected chi connectivity index (χ0v) is 16.4. The molecule has 0 heterocycles. The molecule has 0 spiro atoms. The van der Waals surface area contributed by atoms with E-state index < -0.39 is 11.9 Å². The normalized spacial score (nSPS) is 9.87. The molecule has 0 saturated carbocycles. The average molecular weight is 330 g/mol.